The summed E-state index contributed by atoms with van der Waals surface area (Å²) in [6.45, 7) is 4.86. The third-order valence-electron chi connectivity index (χ3n) is 2.45. The molecular formula is C12H19NO. The van der Waals surface area contributed by atoms with Crippen molar-refractivity contribution < 1.29 is 4.74 Å². The molecule has 2 N–H and O–H groups in total. The van der Waals surface area contributed by atoms with Crippen molar-refractivity contribution in [2.75, 3.05) is 13.7 Å². The third-order valence-corrected chi connectivity index (χ3v) is 2.45. The van der Waals surface area contributed by atoms with Gasteiger partial charge in [0.1, 0.15) is 0 Å². The van der Waals surface area contributed by atoms with Crippen LogP contribution in [0.15, 0.2) is 18.2 Å². The lowest BCUT2D eigenvalue weighted by atomic mass is 10.0. The van der Waals surface area contributed by atoms with Crippen molar-refractivity contribution >= 4 is 0 Å². The van der Waals surface area contributed by atoms with Crippen LogP contribution in [0.3, 0.4) is 0 Å². The number of rotatable bonds is 4. The average Bonchev–Trinajstić information content (AvgIpc) is 2.12. The van der Waals surface area contributed by atoms with E-state index in [4.69, 9.17) is 10.5 Å². The Balaban J connectivity index is 2.63. The molecule has 0 aliphatic rings. The molecule has 0 saturated heterocycles. The smallest absolute Gasteiger partial charge is 0.0616 e. The van der Waals surface area contributed by atoms with Gasteiger partial charge in [0.05, 0.1) is 6.61 Å². The van der Waals surface area contributed by atoms with E-state index in [1.54, 1.807) is 7.11 Å². The van der Waals surface area contributed by atoms with Crippen LogP contribution in [0.5, 0.6) is 0 Å². The number of ether oxygens (including phenoxy) is 1. The Morgan fingerprint density at radius 3 is 2.57 bits per heavy atom. The van der Waals surface area contributed by atoms with Crippen LogP contribution in [0.4, 0.5) is 0 Å². The van der Waals surface area contributed by atoms with Gasteiger partial charge in [-0.3, -0.25) is 0 Å². The quantitative estimate of drug-likeness (QED) is 0.791. The van der Waals surface area contributed by atoms with Gasteiger partial charge in [-0.15, -0.1) is 0 Å². The van der Waals surface area contributed by atoms with Gasteiger partial charge < -0.3 is 10.5 Å². The number of hydrogen-bond acceptors (Lipinski definition) is 2. The SMILES string of the molecule is COCC(N)Cc1ccc(C)c(C)c1. The number of aryl methyl sites for hydroxylation is 2. The van der Waals surface area contributed by atoms with Crippen LogP contribution < -0.4 is 5.73 Å². The van der Waals surface area contributed by atoms with Crippen molar-refractivity contribution in [2.24, 2.45) is 5.73 Å². The van der Waals surface area contributed by atoms with E-state index in [0.29, 0.717) is 6.61 Å². The fraction of sp³-hybridized carbons (Fsp3) is 0.500. The van der Waals surface area contributed by atoms with Crippen molar-refractivity contribution in [3.05, 3.63) is 34.9 Å². The number of hydrogen-bond donors (Lipinski definition) is 1. The molecule has 0 aromatic heterocycles. The Labute approximate surface area is 86.1 Å². The predicted octanol–water partition coefficient (Wildman–Crippen LogP) is 1.82. The molecule has 14 heavy (non-hydrogen) atoms. The first-order chi connectivity index (χ1) is 6.63. The Kier molecular flexibility index (Phi) is 4.11. The first-order valence-corrected chi connectivity index (χ1v) is 4.94. The van der Waals surface area contributed by atoms with Crippen molar-refractivity contribution in [2.45, 2.75) is 26.3 Å². The Morgan fingerprint density at radius 1 is 1.29 bits per heavy atom. The van der Waals surface area contributed by atoms with E-state index >= 15 is 0 Å². The highest BCUT2D eigenvalue weighted by atomic mass is 16.5. The Bertz CT molecular complexity index is 296. The summed E-state index contributed by atoms with van der Waals surface area (Å²) in [7, 11) is 1.68. The maximum Gasteiger partial charge on any atom is 0.0616 e. The largest absolute Gasteiger partial charge is 0.383 e. The minimum atomic E-state index is 0.0992. The lowest BCUT2D eigenvalue weighted by molar-refractivity contribution is 0.180. The third kappa shape index (κ3) is 3.13. The highest BCUT2D eigenvalue weighted by Crippen LogP contribution is 2.11. The summed E-state index contributed by atoms with van der Waals surface area (Å²) in [5.41, 5.74) is 9.82. The van der Waals surface area contributed by atoms with Crippen molar-refractivity contribution in [1.29, 1.82) is 0 Å². The van der Waals surface area contributed by atoms with Gasteiger partial charge in [0.25, 0.3) is 0 Å². The van der Waals surface area contributed by atoms with E-state index in [2.05, 4.69) is 32.0 Å². The first kappa shape index (κ1) is 11.2. The van der Waals surface area contributed by atoms with Gasteiger partial charge >= 0.3 is 0 Å². The van der Waals surface area contributed by atoms with Gasteiger partial charge in [-0.05, 0) is 37.0 Å². The molecule has 2 nitrogen and oxygen atoms in total. The summed E-state index contributed by atoms with van der Waals surface area (Å²) in [6.07, 6.45) is 0.884. The molecule has 0 radical (unpaired) electrons. The molecule has 2 heteroatoms. The standard InChI is InChI=1S/C12H19NO/c1-9-4-5-11(6-10(9)2)7-12(13)8-14-3/h4-6,12H,7-8,13H2,1-3H3. The molecule has 1 aromatic rings. The molecule has 0 amide bonds. The second-order valence-electron chi connectivity index (χ2n) is 3.84. The molecule has 78 valence electrons. The van der Waals surface area contributed by atoms with Crippen LogP contribution in [-0.4, -0.2) is 19.8 Å². The van der Waals surface area contributed by atoms with Gasteiger partial charge in [0.2, 0.25) is 0 Å². The van der Waals surface area contributed by atoms with Gasteiger partial charge in [0.15, 0.2) is 0 Å². The van der Waals surface area contributed by atoms with E-state index in [0.717, 1.165) is 6.42 Å². The van der Waals surface area contributed by atoms with Gasteiger partial charge in [-0.1, -0.05) is 18.2 Å². The summed E-state index contributed by atoms with van der Waals surface area (Å²) in [5, 5.41) is 0. The summed E-state index contributed by atoms with van der Waals surface area (Å²) in [6, 6.07) is 6.58. The average molecular weight is 193 g/mol. The molecule has 0 heterocycles. The number of nitrogens with two attached hydrogens (primary N) is 1. The molecular weight excluding hydrogens is 174 g/mol. The molecule has 1 rings (SSSR count). The molecule has 1 atom stereocenters. The summed E-state index contributed by atoms with van der Waals surface area (Å²) in [4.78, 5) is 0. The number of methoxy groups -OCH3 is 1. The van der Waals surface area contributed by atoms with E-state index in [9.17, 15) is 0 Å². The van der Waals surface area contributed by atoms with Crippen LogP contribution >= 0.6 is 0 Å². The predicted molar refractivity (Wildman–Crippen MR) is 59.5 cm³/mol. The maximum atomic E-state index is 5.88. The number of benzene rings is 1. The van der Waals surface area contributed by atoms with Crippen LogP contribution in [0.1, 0.15) is 16.7 Å². The molecule has 0 saturated carbocycles. The van der Waals surface area contributed by atoms with E-state index in [1.807, 2.05) is 0 Å². The minimum absolute atomic E-state index is 0.0992. The lowest BCUT2D eigenvalue weighted by Crippen LogP contribution is -2.27. The highest BCUT2D eigenvalue weighted by Gasteiger charge is 2.04. The zero-order valence-electron chi connectivity index (χ0n) is 9.21. The fourth-order valence-corrected chi connectivity index (χ4v) is 1.51. The van der Waals surface area contributed by atoms with Gasteiger partial charge in [-0.2, -0.15) is 0 Å². The van der Waals surface area contributed by atoms with Crippen LogP contribution in [0.25, 0.3) is 0 Å². The van der Waals surface area contributed by atoms with Crippen LogP contribution in [-0.2, 0) is 11.2 Å². The van der Waals surface area contributed by atoms with Crippen molar-refractivity contribution in [1.82, 2.24) is 0 Å². The topological polar surface area (TPSA) is 35.2 Å². The maximum absolute atomic E-state index is 5.88. The normalized spacial score (nSPS) is 12.9. The molecule has 0 fully saturated rings. The van der Waals surface area contributed by atoms with Gasteiger partial charge in [-0.25, -0.2) is 0 Å². The van der Waals surface area contributed by atoms with E-state index in [1.165, 1.54) is 16.7 Å². The monoisotopic (exact) mass is 193 g/mol. The van der Waals surface area contributed by atoms with Crippen LogP contribution in [0, 0.1) is 13.8 Å². The molecule has 0 spiro atoms. The molecule has 0 aliphatic heterocycles. The highest BCUT2D eigenvalue weighted by molar-refractivity contribution is 5.30. The van der Waals surface area contributed by atoms with Crippen LogP contribution in [0.2, 0.25) is 0 Å². The zero-order valence-corrected chi connectivity index (χ0v) is 9.21. The Morgan fingerprint density at radius 2 is 2.00 bits per heavy atom. The molecule has 0 bridgehead atoms. The molecule has 1 unspecified atom stereocenters. The second kappa shape index (κ2) is 5.13. The van der Waals surface area contributed by atoms with E-state index in [-0.39, 0.29) is 6.04 Å². The minimum Gasteiger partial charge on any atom is -0.383 e. The summed E-state index contributed by atoms with van der Waals surface area (Å²) in [5.74, 6) is 0. The van der Waals surface area contributed by atoms with Gasteiger partial charge in [0, 0.05) is 13.2 Å². The molecule has 1 aromatic carbocycles. The molecule has 0 aliphatic carbocycles. The summed E-state index contributed by atoms with van der Waals surface area (Å²) >= 11 is 0. The summed E-state index contributed by atoms with van der Waals surface area (Å²) < 4.78 is 5.00. The first-order valence-electron chi connectivity index (χ1n) is 4.94. The fourth-order valence-electron chi connectivity index (χ4n) is 1.51. The van der Waals surface area contributed by atoms with Crippen molar-refractivity contribution in [3.63, 3.8) is 0 Å². The van der Waals surface area contributed by atoms with E-state index < -0.39 is 0 Å². The second-order valence-corrected chi connectivity index (χ2v) is 3.84. The zero-order chi connectivity index (χ0) is 10.6. The lowest BCUT2D eigenvalue weighted by Gasteiger charge is -2.11. The van der Waals surface area contributed by atoms with Crippen molar-refractivity contribution in [3.8, 4) is 0 Å². The Hall–Kier alpha value is -0.860.